The van der Waals surface area contributed by atoms with Crippen molar-refractivity contribution in [3.63, 3.8) is 0 Å². The molecule has 28 heavy (non-hydrogen) atoms. The Hall–Kier alpha value is -2.98. The van der Waals surface area contributed by atoms with E-state index in [1.165, 1.54) is 22.5 Å². The Morgan fingerprint density at radius 2 is 1.25 bits per heavy atom. The molecular formula is C24H29N3O. The molecule has 0 saturated carbocycles. The van der Waals surface area contributed by atoms with E-state index in [4.69, 9.17) is 0 Å². The molecule has 3 aromatic rings. The van der Waals surface area contributed by atoms with Crippen molar-refractivity contribution in [2.75, 3.05) is 43.3 Å². The van der Waals surface area contributed by atoms with Gasteiger partial charge in [0.05, 0.1) is 12.6 Å². The zero-order valence-electron chi connectivity index (χ0n) is 17.1. The highest BCUT2D eigenvalue weighted by Crippen LogP contribution is 2.29. The minimum absolute atomic E-state index is 0.0152. The van der Waals surface area contributed by atoms with Gasteiger partial charge in [-0.2, -0.15) is 0 Å². The molecule has 0 radical (unpaired) electrons. The number of nitrogens with one attached hydrogen (secondary N) is 1. The first-order valence-electron chi connectivity index (χ1n) is 9.49. The van der Waals surface area contributed by atoms with Crippen molar-refractivity contribution < 1.29 is 5.11 Å². The largest absolute Gasteiger partial charge is 0.392 e. The maximum Gasteiger partial charge on any atom is 0.0767 e. The van der Waals surface area contributed by atoms with Crippen LogP contribution in [0, 0.1) is 0 Å². The molecule has 0 fully saturated rings. The van der Waals surface area contributed by atoms with Crippen molar-refractivity contribution >= 4 is 17.1 Å². The van der Waals surface area contributed by atoms with Gasteiger partial charge in [-0.15, -0.1) is 0 Å². The fourth-order valence-corrected chi connectivity index (χ4v) is 3.22. The zero-order chi connectivity index (χ0) is 20.1. The lowest BCUT2D eigenvalue weighted by molar-refractivity contribution is 0.282. The number of hydrogen-bond donors (Lipinski definition) is 2. The summed E-state index contributed by atoms with van der Waals surface area (Å²) in [5.41, 5.74) is 6.62. The van der Waals surface area contributed by atoms with Gasteiger partial charge in [-0.1, -0.05) is 36.4 Å². The Balaban J connectivity index is 1.97. The van der Waals surface area contributed by atoms with Gasteiger partial charge in [0, 0.05) is 45.3 Å². The summed E-state index contributed by atoms with van der Waals surface area (Å²) in [5.74, 6) is 0. The summed E-state index contributed by atoms with van der Waals surface area (Å²) < 4.78 is 0. The molecule has 0 aliphatic heterocycles. The lowest BCUT2D eigenvalue weighted by Gasteiger charge is -2.23. The second-order valence-electron chi connectivity index (χ2n) is 7.41. The van der Waals surface area contributed by atoms with Gasteiger partial charge in [-0.25, -0.2) is 0 Å². The number of aliphatic hydroxyl groups is 1. The topological polar surface area (TPSA) is 38.7 Å². The van der Waals surface area contributed by atoms with Crippen molar-refractivity contribution in [2.45, 2.75) is 12.6 Å². The molecule has 3 rings (SSSR count). The van der Waals surface area contributed by atoms with Gasteiger partial charge in [-0.3, -0.25) is 0 Å². The van der Waals surface area contributed by atoms with Gasteiger partial charge in [0.2, 0.25) is 0 Å². The van der Waals surface area contributed by atoms with E-state index >= 15 is 0 Å². The van der Waals surface area contributed by atoms with Crippen molar-refractivity contribution in [1.82, 2.24) is 0 Å². The predicted molar refractivity (Wildman–Crippen MR) is 119 cm³/mol. The Morgan fingerprint density at radius 3 is 1.68 bits per heavy atom. The van der Waals surface area contributed by atoms with Gasteiger partial charge in [0.1, 0.15) is 0 Å². The Morgan fingerprint density at radius 1 is 0.750 bits per heavy atom. The molecule has 0 heterocycles. The van der Waals surface area contributed by atoms with E-state index in [0.29, 0.717) is 0 Å². The highest BCUT2D eigenvalue weighted by molar-refractivity contribution is 5.55. The molecule has 0 saturated heterocycles. The molecule has 0 aliphatic carbocycles. The first-order valence-corrected chi connectivity index (χ1v) is 9.49. The van der Waals surface area contributed by atoms with E-state index in [2.05, 4.69) is 63.6 Å². The summed E-state index contributed by atoms with van der Waals surface area (Å²) in [6.45, 7) is 0.0370. The maximum atomic E-state index is 9.46. The monoisotopic (exact) mass is 375 g/mol. The maximum absolute atomic E-state index is 9.46. The van der Waals surface area contributed by atoms with Crippen LogP contribution in [0.1, 0.15) is 22.7 Å². The van der Waals surface area contributed by atoms with Gasteiger partial charge in [-0.05, 0) is 53.1 Å². The molecule has 4 nitrogen and oxygen atoms in total. The normalized spacial score (nSPS) is 10.8. The standard InChI is InChI=1S/C24H29N3O/c1-26(2)22-12-8-19(9-13-22)24(20-10-14-23(15-11-20)27(3)4)25-21-7-5-6-18(16-21)17-28/h5-16,24-25,28H,17H2,1-4H3. The van der Waals surface area contributed by atoms with Crippen LogP contribution < -0.4 is 15.1 Å². The summed E-state index contributed by atoms with van der Waals surface area (Å²) in [6.07, 6.45) is 0. The summed E-state index contributed by atoms with van der Waals surface area (Å²) in [4.78, 5) is 4.20. The van der Waals surface area contributed by atoms with Crippen molar-refractivity contribution in [1.29, 1.82) is 0 Å². The molecule has 3 aromatic carbocycles. The smallest absolute Gasteiger partial charge is 0.0767 e. The number of rotatable bonds is 7. The van der Waals surface area contributed by atoms with Crippen molar-refractivity contribution in [3.05, 3.63) is 89.5 Å². The molecule has 0 unspecified atom stereocenters. The molecule has 0 atom stereocenters. The summed E-state index contributed by atoms with van der Waals surface area (Å²) >= 11 is 0. The molecule has 4 heteroatoms. The second-order valence-corrected chi connectivity index (χ2v) is 7.41. The zero-order valence-corrected chi connectivity index (χ0v) is 17.1. The number of hydrogen-bond acceptors (Lipinski definition) is 4. The SMILES string of the molecule is CN(C)c1ccc(C(Nc2cccc(CO)c2)c2ccc(N(C)C)cc2)cc1. The molecule has 2 N–H and O–H groups in total. The molecule has 146 valence electrons. The Bertz CT molecular complexity index is 835. The lowest BCUT2D eigenvalue weighted by Crippen LogP contribution is -2.14. The average Bonchev–Trinajstić information content (AvgIpc) is 2.72. The fourth-order valence-electron chi connectivity index (χ4n) is 3.22. The van der Waals surface area contributed by atoms with Crippen LogP contribution in [0.4, 0.5) is 17.1 Å². The first kappa shape index (κ1) is 19.8. The number of benzene rings is 3. The Kier molecular flexibility index (Phi) is 6.22. The Labute approximate surface area is 168 Å². The van der Waals surface area contributed by atoms with E-state index in [0.717, 1.165) is 11.3 Å². The van der Waals surface area contributed by atoms with Crippen molar-refractivity contribution in [2.24, 2.45) is 0 Å². The van der Waals surface area contributed by atoms with Crippen molar-refractivity contribution in [3.8, 4) is 0 Å². The fraction of sp³-hybridized carbons (Fsp3) is 0.250. The third kappa shape index (κ3) is 4.65. The van der Waals surface area contributed by atoms with E-state index in [9.17, 15) is 5.11 Å². The van der Waals surface area contributed by atoms with E-state index < -0.39 is 0 Å². The summed E-state index contributed by atoms with van der Waals surface area (Å²) in [5, 5.41) is 13.1. The van der Waals surface area contributed by atoms with Crippen LogP contribution >= 0.6 is 0 Å². The van der Waals surface area contributed by atoms with Crippen LogP contribution in [-0.2, 0) is 6.61 Å². The van der Waals surface area contributed by atoms with Crippen LogP contribution in [0.15, 0.2) is 72.8 Å². The molecule has 0 aliphatic rings. The predicted octanol–water partition coefficient (Wildman–Crippen LogP) is 4.51. The number of anilines is 3. The lowest BCUT2D eigenvalue weighted by atomic mass is 9.97. The highest BCUT2D eigenvalue weighted by atomic mass is 16.3. The summed E-state index contributed by atoms with van der Waals surface area (Å²) in [7, 11) is 8.19. The van der Waals surface area contributed by atoms with Gasteiger partial charge >= 0.3 is 0 Å². The highest BCUT2D eigenvalue weighted by Gasteiger charge is 2.15. The quantitative estimate of drug-likeness (QED) is 0.637. The van der Waals surface area contributed by atoms with Crippen LogP contribution in [0.3, 0.4) is 0 Å². The first-order chi connectivity index (χ1) is 13.5. The number of nitrogens with zero attached hydrogens (tertiary/aromatic N) is 2. The summed E-state index contributed by atoms with van der Waals surface area (Å²) in [6, 6.07) is 25.2. The molecule has 0 amide bonds. The molecule has 0 aromatic heterocycles. The minimum Gasteiger partial charge on any atom is -0.392 e. The van der Waals surface area contributed by atoms with Crippen LogP contribution in [0.2, 0.25) is 0 Å². The minimum atomic E-state index is 0.0152. The van der Waals surface area contributed by atoms with Gasteiger partial charge in [0.25, 0.3) is 0 Å². The molecular weight excluding hydrogens is 346 g/mol. The van der Waals surface area contributed by atoms with E-state index in [1.54, 1.807) is 0 Å². The van der Waals surface area contributed by atoms with Gasteiger partial charge < -0.3 is 20.2 Å². The average molecular weight is 376 g/mol. The van der Waals surface area contributed by atoms with Crippen LogP contribution in [0.5, 0.6) is 0 Å². The van der Waals surface area contributed by atoms with E-state index in [-0.39, 0.29) is 12.6 Å². The third-order valence-corrected chi connectivity index (χ3v) is 4.91. The number of aliphatic hydroxyl groups excluding tert-OH is 1. The second kappa shape index (κ2) is 8.81. The van der Waals surface area contributed by atoms with Gasteiger partial charge in [0.15, 0.2) is 0 Å². The van der Waals surface area contributed by atoms with Crippen LogP contribution in [-0.4, -0.2) is 33.3 Å². The van der Waals surface area contributed by atoms with E-state index in [1.807, 2.05) is 52.5 Å². The van der Waals surface area contributed by atoms with Crippen LogP contribution in [0.25, 0.3) is 0 Å². The third-order valence-electron chi connectivity index (χ3n) is 4.91. The molecule has 0 spiro atoms. The molecule has 0 bridgehead atoms.